The minimum atomic E-state index is -3.75. The van der Waals surface area contributed by atoms with E-state index in [1.165, 1.54) is 18.2 Å². The number of nitrogens with two attached hydrogens (primary N) is 1. The molecule has 0 saturated carbocycles. The van der Waals surface area contributed by atoms with Crippen molar-refractivity contribution in [1.82, 2.24) is 0 Å². The Bertz CT molecular complexity index is 614. The first-order chi connectivity index (χ1) is 7.84. The average Bonchev–Trinajstić information content (AvgIpc) is 2.20. The minimum Gasteiger partial charge on any atom is -0.314 e. The SMILES string of the molecule is CC#CC(=O)Nc1ccc(S(N)(=O)=O)cc1Br. The van der Waals surface area contributed by atoms with Crippen LogP contribution in [0, 0.1) is 11.8 Å². The van der Waals surface area contributed by atoms with Crippen LogP contribution in [-0.2, 0) is 14.8 Å². The number of nitrogens with one attached hydrogen (secondary N) is 1. The molecule has 0 heterocycles. The van der Waals surface area contributed by atoms with Crippen molar-refractivity contribution in [2.75, 3.05) is 5.32 Å². The van der Waals surface area contributed by atoms with E-state index < -0.39 is 15.9 Å². The van der Waals surface area contributed by atoms with Gasteiger partial charge in [0.05, 0.1) is 10.6 Å². The van der Waals surface area contributed by atoms with E-state index in [1.807, 2.05) is 0 Å². The Morgan fingerprint density at radius 2 is 2.12 bits per heavy atom. The molecule has 0 radical (unpaired) electrons. The lowest BCUT2D eigenvalue weighted by atomic mass is 10.3. The van der Waals surface area contributed by atoms with Crippen molar-refractivity contribution in [3.05, 3.63) is 22.7 Å². The van der Waals surface area contributed by atoms with Crippen molar-refractivity contribution in [3.8, 4) is 11.8 Å². The van der Waals surface area contributed by atoms with Crippen molar-refractivity contribution >= 4 is 37.5 Å². The fourth-order valence-electron chi connectivity index (χ4n) is 1.04. The van der Waals surface area contributed by atoms with Crippen LogP contribution in [0.2, 0.25) is 0 Å². The summed E-state index contributed by atoms with van der Waals surface area (Å²) in [7, 11) is -3.75. The van der Waals surface area contributed by atoms with E-state index in [0.29, 0.717) is 10.2 Å². The van der Waals surface area contributed by atoms with Gasteiger partial charge in [-0.15, -0.1) is 0 Å². The second-order valence-corrected chi connectivity index (χ2v) is 5.43. The van der Waals surface area contributed by atoms with Crippen LogP contribution in [0.5, 0.6) is 0 Å². The first-order valence-corrected chi connectivity index (χ1v) is 6.74. The molecule has 0 aliphatic carbocycles. The second-order valence-electron chi connectivity index (χ2n) is 3.02. The number of anilines is 1. The summed E-state index contributed by atoms with van der Waals surface area (Å²) in [6.07, 6.45) is 0. The van der Waals surface area contributed by atoms with Gasteiger partial charge in [-0.05, 0) is 47.0 Å². The number of halogens is 1. The topological polar surface area (TPSA) is 89.3 Å². The molecule has 0 aliphatic rings. The van der Waals surface area contributed by atoms with E-state index >= 15 is 0 Å². The second kappa shape index (κ2) is 5.31. The van der Waals surface area contributed by atoms with Gasteiger partial charge in [-0.25, -0.2) is 13.6 Å². The molecule has 1 aromatic rings. The number of carbonyl (C=O) groups excluding carboxylic acids is 1. The number of amides is 1. The molecule has 7 heteroatoms. The third-order valence-corrected chi connectivity index (χ3v) is 3.32. The van der Waals surface area contributed by atoms with Gasteiger partial charge < -0.3 is 5.32 Å². The molecular weight excluding hydrogens is 308 g/mol. The molecule has 1 aromatic carbocycles. The summed E-state index contributed by atoms with van der Waals surface area (Å²) in [5.41, 5.74) is 0.421. The van der Waals surface area contributed by atoms with E-state index in [-0.39, 0.29) is 4.90 Å². The Morgan fingerprint density at radius 3 is 2.59 bits per heavy atom. The molecule has 0 unspecified atom stereocenters. The van der Waals surface area contributed by atoms with Crippen LogP contribution in [0.1, 0.15) is 6.92 Å². The van der Waals surface area contributed by atoms with Crippen LogP contribution in [-0.4, -0.2) is 14.3 Å². The van der Waals surface area contributed by atoms with Crippen molar-refractivity contribution < 1.29 is 13.2 Å². The first-order valence-electron chi connectivity index (χ1n) is 4.40. The van der Waals surface area contributed by atoms with E-state index in [0.717, 1.165) is 0 Å². The number of carbonyl (C=O) groups is 1. The van der Waals surface area contributed by atoms with Gasteiger partial charge in [-0.3, -0.25) is 4.79 Å². The Balaban J connectivity index is 3.06. The summed E-state index contributed by atoms with van der Waals surface area (Å²) in [5.74, 6) is 4.28. The summed E-state index contributed by atoms with van der Waals surface area (Å²) in [4.78, 5) is 11.2. The van der Waals surface area contributed by atoms with Gasteiger partial charge in [-0.1, -0.05) is 5.92 Å². The van der Waals surface area contributed by atoms with Crippen LogP contribution in [0.15, 0.2) is 27.6 Å². The largest absolute Gasteiger partial charge is 0.314 e. The molecule has 0 spiro atoms. The van der Waals surface area contributed by atoms with Gasteiger partial charge in [0.15, 0.2) is 0 Å². The summed E-state index contributed by atoms with van der Waals surface area (Å²) in [5, 5.41) is 7.46. The van der Waals surface area contributed by atoms with E-state index in [2.05, 4.69) is 33.1 Å². The fraction of sp³-hybridized carbons (Fsp3) is 0.100. The van der Waals surface area contributed by atoms with Gasteiger partial charge in [0.2, 0.25) is 10.0 Å². The lowest BCUT2D eigenvalue weighted by Crippen LogP contribution is -2.13. The molecule has 1 amide bonds. The first kappa shape index (κ1) is 13.7. The third-order valence-electron chi connectivity index (χ3n) is 1.76. The number of sulfonamides is 1. The Morgan fingerprint density at radius 1 is 1.47 bits per heavy atom. The minimum absolute atomic E-state index is 0.0380. The van der Waals surface area contributed by atoms with Gasteiger partial charge in [0, 0.05) is 4.47 Å². The van der Waals surface area contributed by atoms with Crippen molar-refractivity contribution in [1.29, 1.82) is 0 Å². The van der Waals surface area contributed by atoms with Crippen LogP contribution >= 0.6 is 15.9 Å². The molecule has 0 aliphatic heterocycles. The number of hydrogen-bond donors (Lipinski definition) is 2. The third kappa shape index (κ3) is 3.85. The molecule has 90 valence electrons. The summed E-state index contributed by atoms with van der Waals surface area (Å²) in [6, 6.07) is 4.04. The van der Waals surface area contributed by atoms with Gasteiger partial charge >= 0.3 is 0 Å². The zero-order valence-electron chi connectivity index (χ0n) is 8.82. The molecular formula is C10H9BrN2O3S. The quantitative estimate of drug-likeness (QED) is 0.799. The van der Waals surface area contributed by atoms with E-state index in [4.69, 9.17) is 5.14 Å². The Hall–Kier alpha value is -1.36. The normalized spacial score (nSPS) is 10.3. The highest BCUT2D eigenvalue weighted by Crippen LogP contribution is 2.25. The number of benzene rings is 1. The Labute approximate surface area is 108 Å². The smallest absolute Gasteiger partial charge is 0.300 e. The number of hydrogen-bond acceptors (Lipinski definition) is 3. The summed E-state index contributed by atoms with van der Waals surface area (Å²) < 4.78 is 22.5. The van der Waals surface area contributed by atoms with Gasteiger partial charge in [-0.2, -0.15) is 0 Å². The zero-order chi connectivity index (χ0) is 13.1. The molecule has 5 nitrogen and oxygen atoms in total. The van der Waals surface area contributed by atoms with Gasteiger partial charge in [0.1, 0.15) is 0 Å². The maximum absolute atomic E-state index is 11.2. The lowest BCUT2D eigenvalue weighted by molar-refractivity contribution is -0.111. The van der Waals surface area contributed by atoms with Crippen LogP contribution in [0.25, 0.3) is 0 Å². The monoisotopic (exact) mass is 316 g/mol. The predicted molar refractivity (Wildman–Crippen MR) is 67.6 cm³/mol. The van der Waals surface area contributed by atoms with Crippen LogP contribution in [0.3, 0.4) is 0 Å². The molecule has 0 atom stereocenters. The van der Waals surface area contributed by atoms with Gasteiger partial charge in [0.25, 0.3) is 5.91 Å². The number of primary sulfonamides is 1. The van der Waals surface area contributed by atoms with E-state index in [9.17, 15) is 13.2 Å². The highest BCUT2D eigenvalue weighted by molar-refractivity contribution is 9.10. The highest BCUT2D eigenvalue weighted by Gasteiger charge is 2.11. The predicted octanol–water partition coefficient (Wildman–Crippen LogP) is 1.06. The molecule has 1 rings (SSSR count). The standard InChI is InChI=1S/C10H9BrN2O3S/c1-2-3-10(14)13-9-5-4-7(6-8(9)11)17(12,15)16/h4-6H,1H3,(H,13,14)(H2,12,15,16). The maximum Gasteiger partial charge on any atom is 0.300 e. The molecule has 0 fully saturated rings. The van der Waals surface area contributed by atoms with Crippen molar-refractivity contribution in [2.45, 2.75) is 11.8 Å². The van der Waals surface area contributed by atoms with Crippen molar-refractivity contribution in [3.63, 3.8) is 0 Å². The lowest BCUT2D eigenvalue weighted by Gasteiger charge is -2.05. The molecule has 0 aromatic heterocycles. The van der Waals surface area contributed by atoms with Crippen LogP contribution in [0.4, 0.5) is 5.69 Å². The molecule has 0 saturated heterocycles. The molecule has 0 bridgehead atoms. The highest BCUT2D eigenvalue weighted by atomic mass is 79.9. The zero-order valence-corrected chi connectivity index (χ0v) is 11.2. The summed E-state index contributed by atoms with van der Waals surface area (Å²) >= 11 is 3.14. The van der Waals surface area contributed by atoms with Crippen molar-refractivity contribution in [2.24, 2.45) is 5.14 Å². The summed E-state index contributed by atoms with van der Waals surface area (Å²) in [6.45, 7) is 1.54. The average molecular weight is 317 g/mol. The van der Waals surface area contributed by atoms with Crippen LogP contribution < -0.4 is 10.5 Å². The number of rotatable bonds is 2. The molecule has 3 N–H and O–H groups in total. The fourth-order valence-corrected chi connectivity index (χ4v) is 2.21. The van der Waals surface area contributed by atoms with E-state index in [1.54, 1.807) is 6.92 Å². The maximum atomic E-state index is 11.2. The Kier molecular flexibility index (Phi) is 4.28. The molecule has 17 heavy (non-hydrogen) atoms.